The average molecular weight is 278 g/mol. The quantitative estimate of drug-likeness (QED) is 0.703. The summed E-state index contributed by atoms with van der Waals surface area (Å²) >= 11 is 0. The van der Waals surface area contributed by atoms with Gasteiger partial charge in [0.1, 0.15) is 5.75 Å². The molecule has 0 amide bonds. The largest absolute Gasteiger partial charge is 0.497 e. The second kappa shape index (κ2) is 8.72. The summed E-state index contributed by atoms with van der Waals surface area (Å²) in [5.74, 6) is 0.885. The first-order valence-corrected chi connectivity index (χ1v) is 7.26. The van der Waals surface area contributed by atoms with Gasteiger partial charge < -0.3 is 15.0 Å². The smallest absolute Gasteiger partial charge is 0.179 e. The Morgan fingerprint density at radius 2 is 1.85 bits per heavy atom. The highest BCUT2D eigenvalue weighted by Gasteiger charge is 2.14. The van der Waals surface area contributed by atoms with Crippen LogP contribution in [-0.2, 0) is 0 Å². The Kier molecular flexibility index (Phi) is 7.26. The van der Waals surface area contributed by atoms with E-state index in [0.29, 0.717) is 5.56 Å². The predicted molar refractivity (Wildman–Crippen MR) is 82.6 cm³/mol. The Balaban J connectivity index is 2.45. The molecule has 112 valence electrons. The number of carbonyl (C=O) groups excluding carboxylic acids is 1. The van der Waals surface area contributed by atoms with Crippen molar-refractivity contribution in [1.82, 2.24) is 10.2 Å². The van der Waals surface area contributed by atoms with E-state index in [2.05, 4.69) is 24.1 Å². The number of nitrogens with one attached hydrogen (secondary N) is 1. The molecule has 0 saturated carbocycles. The number of likely N-dealkylation sites (N-methyl/N-ethyl adjacent to an activating group) is 1. The van der Waals surface area contributed by atoms with E-state index in [1.165, 1.54) is 0 Å². The zero-order valence-corrected chi connectivity index (χ0v) is 13.0. The normalized spacial score (nSPS) is 12.4. The summed E-state index contributed by atoms with van der Waals surface area (Å²) in [5, 5.41) is 3.29. The predicted octanol–water partition coefficient (Wildman–Crippen LogP) is 2.20. The van der Waals surface area contributed by atoms with E-state index < -0.39 is 0 Å². The van der Waals surface area contributed by atoms with Crippen LogP contribution in [0.4, 0.5) is 0 Å². The Bertz CT molecular complexity index is 399. The van der Waals surface area contributed by atoms with Crippen molar-refractivity contribution in [3.8, 4) is 5.75 Å². The number of methoxy groups -OCH3 is 1. The van der Waals surface area contributed by atoms with Gasteiger partial charge in [-0.3, -0.25) is 4.79 Å². The SMILES string of the molecule is CCN(CC)CCNC(C)C(=O)c1ccc(OC)cc1. The molecule has 1 unspecified atom stereocenters. The van der Waals surface area contributed by atoms with Gasteiger partial charge in [-0.15, -0.1) is 0 Å². The zero-order chi connectivity index (χ0) is 15.0. The lowest BCUT2D eigenvalue weighted by atomic mass is 10.1. The molecule has 0 spiro atoms. The number of nitrogens with zero attached hydrogens (tertiary/aromatic N) is 1. The molecule has 1 rings (SSSR count). The first-order valence-electron chi connectivity index (χ1n) is 7.26. The van der Waals surface area contributed by atoms with Gasteiger partial charge in [-0.05, 0) is 44.3 Å². The van der Waals surface area contributed by atoms with E-state index in [0.717, 1.165) is 31.9 Å². The van der Waals surface area contributed by atoms with Gasteiger partial charge in [0, 0.05) is 18.7 Å². The maximum Gasteiger partial charge on any atom is 0.179 e. The Morgan fingerprint density at radius 3 is 2.35 bits per heavy atom. The maximum absolute atomic E-state index is 12.2. The van der Waals surface area contributed by atoms with Crippen LogP contribution in [0, 0.1) is 0 Å². The lowest BCUT2D eigenvalue weighted by molar-refractivity contribution is 0.0949. The molecule has 0 heterocycles. The van der Waals surface area contributed by atoms with E-state index in [1.54, 1.807) is 7.11 Å². The highest BCUT2D eigenvalue weighted by Crippen LogP contribution is 2.12. The van der Waals surface area contributed by atoms with Crippen molar-refractivity contribution < 1.29 is 9.53 Å². The van der Waals surface area contributed by atoms with E-state index in [-0.39, 0.29) is 11.8 Å². The number of carbonyl (C=O) groups is 1. The summed E-state index contributed by atoms with van der Waals surface area (Å²) in [6.07, 6.45) is 0. The maximum atomic E-state index is 12.2. The number of hydrogen-bond donors (Lipinski definition) is 1. The van der Waals surface area contributed by atoms with Gasteiger partial charge in [0.05, 0.1) is 13.2 Å². The Labute approximate surface area is 122 Å². The number of Topliss-reactive ketones (excluding diaryl/α,β-unsaturated/α-hetero) is 1. The lowest BCUT2D eigenvalue weighted by Gasteiger charge is -2.20. The van der Waals surface area contributed by atoms with Gasteiger partial charge in [-0.1, -0.05) is 13.8 Å². The Hall–Kier alpha value is -1.39. The summed E-state index contributed by atoms with van der Waals surface area (Å²) in [7, 11) is 1.62. The topological polar surface area (TPSA) is 41.6 Å². The van der Waals surface area contributed by atoms with Crippen molar-refractivity contribution in [2.45, 2.75) is 26.8 Å². The first-order chi connectivity index (χ1) is 9.62. The van der Waals surface area contributed by atoms with Crippen molar-refractivity contribution in [2.24, 2.45) is 0 Å². The van der Waals surface area contributed by atoms with Crippen molar-refractivity contribution in [2.75, 3.05) is 33.3 Å². The molecule has 0 aromatic heterocycles. The third-order valence-corrected chi connectivity index (χ3v) is 3.54. The van der Waals surface area contributed by atoms with Crippen molar-refractivity contribution in [3.63, 3.8) is 0 Å². The molecule has 0 aliphatic heterocycles. The fourth-order valence-electron chi connectivity index (χ4n) is 2.08. The van der Waals surface area contributed by atoms with Crippen LogP contribution in [0.15, 0.2) is 24.3 Å². The molecule has 0 bridgehead atoms. The third-order valence-electron chi connectivity index (χ3n) is 3.54. The monoisotopic (exact) mass is 278 g/mol. The standard InChI is InChI=1S/C16H26N2O2/c1-5-18(6-2)12-11-17-13(3)16(19)14-7-9-15(20-4)10-8-14/h7-10,13,17H,5-6,11-12H2,1-4H3. The van der Waals surface area contributed by atoms with Crippen LogP contribution in [0.2, 0.25) is 0 Å². The van der Waals surface area contributed by atoms with Gasteiger partial charge >= 0.3 is 0 Å². The highest BCUT2D eigenvalue weighted by atomic mass is 16.5. The lowest BCUT2D eigenvalue weighted by Crippen LogP contribution is -2.39. The molecule has 4 heteroatoms. The van der Waals surface area contributed by atoms with Gasteiger partial charge in [0.15, 0.2) is 5.78 Å². The van der Waals surface area contributed by atoms with E-state index in [9.17, 15) is 4.79 Å². The number of benzene rings is 1. The van der Waals surface area contributed by atoms with Crippen LogP contribution in [-0.4, -0.2) is 50.0 Å². The van der Waals surface area contributed by atoms with Crippen LogP contribution < -0.4 is 10.1 Å². The van der Waals surface area contributed by atoms with Crippen LogP contribution in [0.1, 0.15) is 31.1 Å². The second-order valence-corrected chi connectivity index (χ2v) is 4.80. The van der Waals surface area contributed by atoms with E-state index in [1.807, 2.05) is 31.2 Å². The molecule has 0 aliphatic carbocycles. The fourth-order valence-corrected chi connectivity index (χ4v) is 2.08. The van der Waals surface area contributed by atoms with Crippen molar-refractivity contribution in [1.29, 1.82) is 0 Å². The number of ketones is 1. The molecular weight excluding hydrogens is 252 g/mol. The van der Waals surface area contributed by atoms with Crippen LogP contribution in [0.5, 0.6) is 5.75 Å². The van der Waals surface area contributed by atoms with Crippen molar-refractivity contribution >= 4 is 5.78 Å². The van der Waals surface area contributed by atoms with Crippen LogP contribution in [0.25, 0.3) is 0 Å². The molecule has 1 atom stereocenters. The third kappa shape index (κ3) is 4.94. The molecule has 1 N–H and O–H groups in total. The van der Waals surface area contributed by atoms with E-state index in [4.69, 9.17) is 4.74 Å². The average Bonchev–Trinajstić information content (AvgIpc) is 2.50. The summed E-state index contributed by atoms with van der Waals surface area (Å²) < 4.78 is 5.09. The summed E-state index contributed by atoms with van der Waals surface area (Å²) in [6, 6.07) is 7.08. The van der Waals surface area contributed by atoms with Crippen molar-refractivity contribution in [3.05, 3.63) is 29.8 Å². The molecular formula is C16H26N2O2. The van der Waals surface area contributed by atoms with Gasteiger partial charge in [0.25, 0.3) is 0 Å². The first kappa shape index (κ1) is 16.7. The summed E-state index contributed by atoms with van der Waals surface area (Å²) in [5.41, 5.74) is 0.716. The molecule has 0 fully saturated rings. The number of hydrogen-bond acceptors (Lipinski definition) is 4. The summed E-state index contributed by atoms with van der Waals surface area (Å²) in [6.45, 7) is 10.1. The van der Waals surface area contributed by atoms with E-state index >= 15 is 0 Å². The molecule has 0 saturated heterocycles. The Morgan fingerprint density at radius 1 is 1.25 bits per heavy atom. The number of ether oxygens (including phenoxy) is 1. The number of rotatable bonds is 9. The fraction of sp³-hybridized carbons (Fsp3) is 0.562. The molecule has 4 nitrogen and oxygen atoms in total. The zero-order valence-electron chi connectivity index (χ0n) is 13.0. The van der Waals surface area contributed by atoms with Gasteiger partial charge in [-0.25, -0.2) is 0 Å². The molecule has 20 heavy (non-hydrogen) atoms. The van der Waals surface area contributed by atoms with Crippen LogP contribution >= 0.6 is 0 Å². The van der Waals surface area contributed by atoms with Gasteiger partial charge in [0.2, 0.25) is 0 Å². The molecule has 1 aromatic carbocycles. The minimum atomic E-state index is -0.168. The second-order valence-electron chi connectivity index (χ2n) is 4.80. The molecule has 1 aromatic rings. The minimum Gasteiger partial charge on any atom is -0.497 e. The van der Waals surface area contributed by atoms with Gasteiger partial charge in [-0.2, -0.15) is 0 Å². The van der Waals surface area contributed by atoms with Crippen LogP contribution in [0.3, 0.4) is 0 Å². The highest BCUT2D eigenvalue weighted by molar-refractivity contribution is 5.99. The molecule has 0 radical (unpaired) electrons. The minimum absolute atomic E-state index is 0.118. The molecule has 0 aliphatic rings. The summed E-state index contributed by atoms with van der Waals surface area (Å²) in [4.78, 5) is 14.6.